The number of H-pyrrole nitrogens is 1. The molecular weight excluding hydrogens is 340 g/mol. The van der Waals surface area contributed by atoms with Crippen molar-refractivity contribution in [3.8, 4) is 17.0 Å². The summed E-state index contributed by atoms with van der Waals surface area (Å²) in [6.07, 6.45) is 2.32. The minimum Gasteiger partial charge on any atom is -0.508 e. The third-order valence-electron chi connectivity index (χ3n) is 3.61. The predicted octanol–water partition coefficient (Wildman–Crippen LogP) is 2.51. The second kappa shape index (κ2) is 7.18. The Kier molecular flexibility index (Phi) is 4.80. The fourth-order valence-electron chi connectivity index (χ4n) is 2.30. The third kappa shape index (κ3) is 4.04. The molecule has 7 nitrogen and oxygen atoms in total. The van der Waals surface area contributed by atoms with Gasteiger partial charge in [-0.2, -0.15) is 0 Å². The number of carbonyl (C=O) groups is 2. The Labute approximate surface area is 147 Å². The summed E-state index contributed by atoms with van der Waals surface area (Å²) < 4.78 is 0. The second-order valence-corrected chi connectivity index (χ2v) is 6.24. The molecule has 0 saturated heterocycles. The number of amides is 2. The molecule has 0 unspecified atom stereocenters. The number of aromatic hydroxyl groups is 1. The van der Waals surface area contributed by atoms with Gasteiger partial charge in [0.25, 0.3) is 5.91 Å². The first kappa shape index (κ1) is 16.7. The maximum Gasteiger partial charge on any atom is 0.265 e. The van der Waals surface area contributed by atoms with Gasteiger partial charge in [-0.1, -0.05) is 18.2 Å². The van der Waals surface area contributed by atoms with Crippen molar-refractivity contribution in [2.45, 2.75) is 12.8 Å². The first-order valence-corrected chi connectivity index (χ1v) is 8.42. The fourth-order valence-corrected chi connectivity index (χ4v) is 3.04. The fraction of sp³-hybridized carbons (Fsp3) is 0.118. The second-order valence-electron chi connectivity index (χ2n) is 5.38. The zero-order chi connectivity index (χ0) is 17.8. The number of carbonyl (C=O) groups excluding carboxylic acids is 2. The zero-order valence-corrected chi connectivity index (χ0v) is 14.0. The van der Waals surface area contributed by atoms with Gasteiger partial charge in [0.15, 0.2) is 5.13 Å². The van der Waals surface area contributed by atoms with E-state index in [1.165, 1.54) is 11.3 Å². The molecule has 0 radical (unpaired) electrons. The zero-order valence-electron chi connectivity index (χ0n) is 13.2. The number of thiazole rings is 1. The van der Waals surface area contributed by atoms with Crippen molar-refractivity contribution in [3.05, 3.63) is 53.2 Å². The maximum atomic E-state index is 12.0. The Hall–Kier alpha value is -3.13. The molecular formula is C17H16N4O3S. The standard InChI is InChI=1S/C17H16N4O3S/c18-16(24)12-7-11(8-19-12)13-9-25-17(20-13)21-15(23)6-5-10-3-1-2-4-14(10)22/h1-4,7-9,19,22H,5-6H2,(H2,18,24)(H,20,21,23). The van der Waals surface area contributed by atoms with Crippen LogP contribution in [0.2, 0.25) is 0 Å². The number of para-hydroxylation sites is 1. The molecule has 3 rings (SSSR count). The topological polar surface area (TPSA) is 121 Å². The van der Waals surface area contributed by atoms with Crippen LogP contribution in [0.25, 0.3) is 11.3 Å². The lowest BCUT2D eigenvalue weighted by atomic mass is 10.1. The number of benzene rings is 1. The summed E-state index contributed by atoms with van der Waals surface area (Å²) in [5.41, 5.74) is 7.60. The van der Waals surface area contributed by atoms with Gasteiger partial charge in [0.2, 0.25) is 5.91 Å². The van der Waals surface area contributed by atoms with Crippen LogP contribution >= 0.6 is 11.3 Å². The Morgan fingerprint density at radius 3 is 2.84 bits per heavy atom. The highest BCUT2D eigenvalue weighted by molar-refractivity contribution is 7.14. The minimum absolute atomic E-state index is 0.184. The van der Waals surface area contributed by atoms with E-state index in [0.29, 0.717) is 22.9 Å². The molecule has 0 spiro atoms. The number of hydrogen-bond donors (Lipinski definition) is 4. The minimum atomic E-state index is -0.542. The van der Waals surface area contributed by atoms with Gasteiger partial charge in [0.05, 0.1) is 5.69 Å². The predicted molar refractivity (Wildman–Crippen MR) is 95.5 cm³/mol. The number of aromatic nitrogens is 2. The molecule has 2 amide bonds. The van der Waals surface area contributed by atoms with E-state index in [-0.39, 0.29) is 18.1 Å². The number of aromatic amines is 1. The van der Waals surface area contributed by atoms with Gasteiger partial charge < -0.3 is 21.1 Å². The summed E-state index contributed by atoms with van der Waals surface area (Å²) >= 11 is 1.29. The van der Waals surface area contributed by atoms with Crippen LogP contribution < -0.4 is 11.1 Å². The number of anilines is 1. The molecule has 0 fully saturated rings. The van der Waals surface area contributed by atoms with Crippen LogP contribution in [0.15, 0.2) is 41.9 Å². The first-order chi connectivity index (χ1) is 12.0. The molecule has 0 aliphatic rings. The van der Waals surface area contributed by atoms with Gasteiger partial charge in [-0.25, -0.2) is 4.98 Å². The number of nitrogens with two attached hydrogens (primary N) is 1. The van der Waals surface area contributed by atoms with E-state index in [0.717, 1.165) is 11.1 Å². The Bertz CT molecular complexity index is 916. The smallest absolute Gasteiger partial charge is 0.265 e. The van der Waals surface area contributed by atoms with Crippen molar-refractivity contribution >= 4 is 28.3 Å². The molecule has 0 aliphatic heterocycles. The summed E-state index contributed by atoms with van der Waals surface area (Å²) in [5.74, 6) is -0.542. The van der Waals surface area contributed by atoms with E-state index in [4.69, 9.17) is 5.73 Å². The van der Waals surface area contributed by atoms with E-state index >= 15 is 0 Å². The average molecular weight is 356 g/mol. The molecule has 2 aromatic heterocycles. The molecule has 5 N–H and O–H groups in total. The van der Waals surface area contributed by atoms with Gasteiger partial charge >= 0.3 is 0 Å². The van der Waals surface area contributed by atoms with E-state index in [1.807, 2.05) is 6.07 Å². The summed E-state index contributed by atoms with van der Waals surface area (Å²) in [6.45, 7) is 0. The number of nitrogens with one attached hydrogen (secondary N) is 2. The molecule has 3 aromatic rings. The summed E-state index contributed by atoms with van der Waals surface area (Å²) in [6, 6.07) is 8.54. The van der Waals surface area contributed by atoms with Gasteiger partial charge in [-0.15, -0.1) is 11.3 Å². The number of hydrogen-bond acceptors (Lipinski definition) is 5. The van der Waals surface area contributed by atoms with Crippen molar-refractivity contribution < 1.29 is 14.7 Å². The van der Waals surface area contributed by atoms with Gasteiger partial charge in [0.1, 0.15) is 11.4 Å². The van der Waals surface area contributed by atoms with Crippen molar-refractivity contribution in [2.24, 2.45) is 5.73 Å². The normalized spacial score (nSPS) is 10.6. The van der Waals surface area contributed by atoms with Crippen LogP contribution in [0.4, 0.5) is 5.13 Å². The van der Waals surface area contributed by atoms with Crippen molar-refractivity contribution in [1.82, 2.24) is 9.97 Å². The van der Waals surface area contributed by atoms with Crippen LogP contribution in [-0.2, 0) is 11.2 Å². The van der Waals surface area contributed by atoms with Gasteiger partial charge in [0, 0.05) is 23.6 Å². The van der Waals surface area contributed by atoms with Gasteiger partial charge in [-0.3, -0.25) is 9.59 Å². The van der Waals surface area contributed by atoms with Crippen LogP contribution in [0.1, 0.15) is 22.5 Å². The van der Waals surface area contributed by atoms with E-state index < -0.39 is 5.91 Å². The Morgan fingerprint density at radius 2 is 2.12 bits per heavy atom. The molecule has 1 aromatic carbocycles. The lowest BCUT2D eigenvalue weighted by Gasteiger charge is -2.04. The Morgan fingerprint density at radius 1 is 1.32 bits per heavy atom. The molecule has 2 heterocycles. The van der Waals surface area contributed by atoms with Crippen molar-refractivity contribution in [3.63, 3.8) is 0 Å². The Balaban J connectivity index is 1.60. The van der Waals surface area contributed by atoms with Crippen LogP contribution in [0.3, 0.4) is 0 Å². The van der Waals surface area contributed by atoms with E-state index in [9.17, 15) is 14.7 Å². The molecule has 0 bridgehead atoms. The highest BCUT2D eigenvalue weighted by Gasteiger charge is 2.11. The lowest BCUT2D eigenvalue weighted by Crippen LogP contribution is -2.12. The summed E-state index contributed by atoms with van der Waals surface area (Å²) in [4.78, 5) is 30.3. The third-order valence-corrected chi connectivity index (χ3v) is 4.37. The molecule has 0 atom stereocenters. The van der Waals surface area contributed by atoms with Gasteiger partial charge in [-0.05, 0) is 24.1 Å². The quantitative estimate of drug-likeness (QED) is 0.542. The molecule has 25 heavy (non-hydrogen) atoms. The van der Waals surface area contributed by atoms with Crippen LogP contribution in [0.5, 0.6) is 5.75 Å². The summed E-state index contributed by atoms with van der Waals surface area (Å²) in [5, 5.41) is 14.7. The number of aryl methyl sites for hydroxylation is 1. The van der Waals surface area contributed by atoms with E-state index in [1.54, 1.807) is 35.8 Å². The highest BCUT2D eigenvalue weighted by Crippen LogP contribution is 2.25. The SMILES string of the molecule is NC(=O)c1cc(-c2csc(NC(=O)CCc3ccccc3O)n2)c[nH]1. The number of phenolic OH excluding ortho intramolecular Hbond substituents is 1. The average Bonchev–Trinajstić information content (AvgIpc) is 3.23. The highest BCUT2D eigenvalue weighted by atomic mass is 32.1. The van der Waals surface area contributed by atoms with Crippen LogP contribution in [-0.4, -0.2) is 26.9 Å². The van der Waals surface area contributed by atoms with Crippen molar-refractivity contribution in [2.75, 3.05) is 5.32 Å². The molecule has 0 aliphatic carbocycles. The van der Waals surface area contributed by atoms with E-state index in [2.05, 4.69) is 15.3 Å². The summed E-state index contributed by atoms with van der Waals surface area (Å²) in [7, 11) is 0. The number of nitrogens with zero attached hydrogens (tertiary/aromatic N) is 1. The number of phenols is 1. The first-order valence-electron chi connectivity index (χ1n) is 7.54. The number of rotatable bonds is 6. The van der Waals surface area contributed by atoms with Crippen molar-refractivity contribution in [1.29, 1.82) is 0 Å². The van der Waals surface area contributed by atoms with Crippen LogP contribution in [0, 0.1) is 0 Å². The number of primary amides is 1. The maximum absolute atomic E-state index is 12.0. The lowest BCUT2D eigenvalue weighted by molar-refractivity contribution is -0.116. The largest absolute Gasteiger partial charge is 0.508 e. The molecule has 8 heteroatoms. The molecule has 0 saturated carbocycles. The molecule has 128 valence electrons. The monoisotopic (exact) mass is 356 g/mol.